The summed E-state index contributed by atoms with van der Waals surface area (Å²) in [5, 5.41) is 8.23. The number of para-hydroxylation sites is 1. The molecule has 0 radical (unpaired) electrons. The van der Waals surface area contributed by atoms with Crippen LogP contribution < -0.4 is 16.0 Å². The van der Waals surface area contributed by atoms with Gasteiger partial charge in [-0.1, -0.05) is 103 Å². The number of thioether (sulfide) groups is 1. The van der Waals surface area contributed by atoms with Crippen molar-refractivity contribution in [2.45, 2.75) is 24.0 Å². The van der Waals surface area contributed by atoms with E-state index in [9.17, 15) is 14.4 Å². The van der Waals surface area contributed by atoms with Crippen molar-refractivity contribution in [1.29, 1.82) is 0 Å². The van der Waals surface area contributed by atoms with Gasteiger partial charge in [0, 0.05) is 21.8 Å². The molecule has 1 atom stereocenters. The molecule has 3 amide bonds. The number of nitrogens with one attached hydrogen (secondary N) is 3. The van der Waals surface area contributed by atoms with Gasteiger partial charge < -0.3 is 16.0 Å². The first-order valence-corrected chi connectivity index (χ1v) is 15.4. The third kappa shape index (κ3) is 8.59. The molecule has 1 unspecified atom stereocenters. The second-order valence-electron chi connectivity index (χ2n) is 10.5. The van der Waals surface area contributed by atoms with Crippen LogP contribution in [0.2, 0.25) is 0 Å². The number of benzene rings is 5. The maximum Gasteiger partial charge on any atom is 0.272 e. The Hall–Kier alpha value is -5.40. The summed E-state index contributed by atoms with van der Waals surface area (Å²) in [6.45, 7) is 3.94. The quantitative estimate of drug-likeness (QED) is 0.110. The molecular weight excluding hydrogens is 579 g/mol. The summed E-state index contributed by atoms with van der Waals surface area (Å²) < 4.78 is 0. The van der Waals surface area contributed by atoms with Crippen molar-refractivity contribution in [3.8, 4) is 0 Å². The maximum atomic E-state index is 13.6. The first kappa shape index (κ1) is 31.0. The second kappa shape index (κ2) is 14.9. The van der Waals surface area contributed by atoms with E-state index in [2.05, 4.69) is 16.0 Å². The zero-order valence-electron chi connectivity index (χ0n) is 25.0. The maximum absolute atomic E-state index is 13.6. The highest BCUT2D eigenvalue weighted by Crippen LogP contribution is 2.37. The Balaban J connectivity index is 1.37. The number of amides is 3. The molecule has 0 saturated heterocycles. The number of aryl methyl sites for hydroxylation is 2. The van der Waals surface area contributed by atoms with Crippen LogP contribution in [-0.4, -0.2) is 17.7 Å². The molecule has 0 fully saturated rings. The average Bonchev–Trinajstić information content (AvgIpc) is 3.06. The van der Waals surface area contributed by atoms with E-state index in [4.69, 9.17) is 0 Å². The summed E-state index contributed by atoms with van der Waals surface area (Å²) >= 11 is 1.39. The standard InChI is InChI=1S/C38H33N3O3S/c1-26-20-22-28(23-21-26)24-34(41-36(42)30-15-7-4-8-16-30)37(43)39-31-17-11-18-32(25-31)45-35(29-13-5-3-6-14-29)38(44)40-33-19-10-9-12-27(33)2/h3-25,35H,1-2H3,(H,39,43)(H,40,44)(H,41,42)/b34-24-. The van der Waals surface area contributed by atoms with Gasteiger partial charge in [-0.05, 0) is 73.0 Å². The first-order valence-electron chi connectivity index (χ1n) is 14.5. The summed E-state index contributed by atoms with van der Waals surface area (Å²) in [6.07, 6.45) is 1.65. The molecule has 0 saturated carbocycles. The van der Waals surface area contributed by atoms with Gasteiger partial charge in [0.15, 0.2) is 0 Å². The minimum atomic E-state index is -0.543. The minimum Gasteiger partial charge on any atom is -0.325 e. The smallest absolute Gasteiger partial charge is 0.272 e. The van der Waals surface area contributed by atoms with Crippen molar-refractivity contribution in [1.82, 2.24) is 5.32 Å². The van der Waals surface area contributed by atoms with Crippen molar-refractivity contribution < 1.29 is 14.4 Å². The number of hydrogen-bond acceptors (Lipinski definition) is 4. The van der Waals surface area contributed by atoms with Crippen LogP contribution in [0.25, 0.3) is 6.08 Å². The predicted octanol–water partition coefficient (Wildman–Crippen LogP) is 8.19. The Kier molecular flexibility index (Phi) is 10.2. The van der Waals surface area contributed by atoms with E-state index < -0.39 is 17.1 Å². The van der Waals surface area contributed by atoms with Crippen molar-refractivity contribution in [3.63, 3.8) is 0 Å². The van der Waals surface area contributed by atoms with Crippen molar-refractivity contribution >= 4 is 46.9 Å². The van der Waals surface area contributed by atoms with E-state index in [1.807, 2.05) is 117 Å². The molecule has 5 aromatic rings. The molecule has 0 spiro atoms. The zero-order chi connectivity index (χ0) is 31.6. The third-order valence-electron chi connectivity index (χ3n) is 7.01. The summed E-state index contributed by atoms with van der Waals surface area (Å²) in [7, 11) is 0. The van der Waals surface area contributed by atoms with E-state index in [0.29, 0.717) is 11.3 Å². The lowest BCUT2D eigenvalue weighted by atomic mass is 10.1. The van der Waals surface area contributed by atoms with Crippen molar-refractivity contribution in [2.24, 2.45) is 0 Å². The van der Waals surface area contributed by atoms with E-state index >= 15 is 0 Å². The summed E-state index contributed by atoms with van der Waals surface area (Å²) in [6, 6.07) is 41.0. The van der Waals surface area contributed by atoms with Crippen molar-refractivity contribution in [2.75, 3.05) is 10.6 Å². The first-order chi connectivity index (χ1) is 21.9. The number of rotatable bonds is 10. The fraction of sp³-hybridized carbons (Fsp3) is 0.0789. The molecular formula is C38H33N3O3S. The number of carbonyl (C=O) groups is 3. The summed E-state index contributed by atoms with van der Waals surface area (Å²) in [4.78, 5) is 41.0. The van der Waals surface area contributed by atoms with Crippen LogP contribution in [0.5, 0.6) is 0 Å². The molecule has 3 N–H and O–H groups in total. The van der Waals surface area contributed by atoms with Gasteiger partial charge in [-0.2, -0.15) is 0 Å². The Morgan fingerprint density at radius 1 is 0.689 bits per heavy atom. The molecule has 0 heterocycles. The van der Waals surface area contributed by atoms with E-state index in [-0.39, 0.29) is 11.6 Å². The largest absolute Gasteiger partial charge is 0.325 e. The molecule has 5 rings (SSSR count). The predicted molar refractivity (Wildman–Crippen MR) is 183 cm³/mol. The van der Waals surface area contributed by atoms with Gasteiger partial charge in [-0.3, -0.25) is 14.4 Å². The second-order valence-corrected chi connectivity index (χ2v) is 11.7. The highest BCUT2D eigenvalue weighted by molar-refractivity contribution is 8.00. The van der Waals surface area contributed by atoms with Gasteiger partial charge >= 0.3 is 0 Å². The van der Waals surface area contributed by atoms with E-state index in [1.54, 1.807) is 36.4 Å². The monoisotopic (exact) mass is 611 g/mol. The number of carbonyl (C=O) groups excluding carboxylic acids is 3. The van der Waals surface area contributed by atoms with Gasteiger partial charge in [-0.15, -0.1) is 11.8 Å². The molecule has 6 nitrogen and oxygen atoms in total. The van der Waals surface area contributed by atoms with E-state index in [1.165, 1.54) is 11.8 Å². The average molecular weight is 612 g/mol. The number of anilines is 2. The number of hydrogen-bond donors (Lipinski definition) is 3. The minimum absolute atomic E-state index is 0.102. The molecule has 45 heavy (non-hydrogen) atoms. The fourth-order valence-corrected chi connectivity index (χ4v) is 5.65. The molecule has 0 aliphatic carbocycles. The van der Waals surface area contributed by atoms with Crippen LogP contribution in [0.3, 0.4) is 0 Å². The van der Waals surface area contributed by atoms with Crippen LogP contribution in [0, 0.1) is 13.8 Å². The van der Waals surface area contributed by atoms with Crippen LogP contribution >= 0.6 is 11.8 Å². The summed E-state index contributed by atoms with van der Waals surface area (Å²) in [5.41, 5.74) is 5.52. The lowest BCUT2D eigenvalue weighted by Crippen LogP contribution is -2.30. The van der Waals surface area contributed by atoms with Gasteiger partial charge in [0.25, 0.3) is 11.8 Å². The van der Waals surface area contributed by atoms with Gasteiger partial charge in [-0.25, -0.2) is 0 Å². The Labute approximate surface area is 267 Å². The van der Waals surface area contributed by atoms with Gasteiger partial charge in [0.2, 0.25) is 5.91 Å². The van der Waals surface area contributed by atoms with Crippen LogP contribution in [0.1, 0.15) is 37.9 Å². The highest BCUT2D eigenvalue weighted by atomic mass is 32.2. The third-order valence-corrected chi connectivity index (χ3v) is 8.25. The van der Waals surface area contributed by atoms with Crippen LogP contribution in [0.4, 0.5) is 11.4 Å². The zero-order valence-corrected chi connectivity index (χ0v) is 25.8. The summed E-state index contributed by atoms with van der Waals surface area (Å²) in [5.74, 6) is -1.01. The topological polar surface area (TPSA) is 87.3 Å². The van der Waals surface area contributed by atoms with Gasteiger partial charge in [0.05, 0.1) is 0 Å². The normalized spacial score (nSPS) is 11.7. The highest BCUT2D eigenvalue weighted by Gasteiger charge is 2.23. The molecule has 224 valence electrons. The Morgan fingerprint density at radius 3 is 2.07 bits per heavy atom. The van der Waals surface area contributed by atoms with E-state index in [0.717, 1.165) is 32.8 Å². The lowest BCUT2D eigenvalue weighted by molar-refractivity contribution is -0.116. The molecule has 7 heteroatoms. The molecule has 0 aliphatic heterocycles. The SMILES string of the molecule is Cc1ccc(/C=C(\NC(=O)c2ccccc2)C(=O)Nc2cccc(SC(C(=O)Nc3ccccc3C)c3ccccc3)c2)cc1. The molecule has 0 aromatic heterocycles. The molecule has 0 bridgehead atoms. The molecule has 5 aromatic carbocycles. The van der Waals surface area contributed by atoms with Crippen molar-refractivity contribution in [3.05, 3.63) is 167 Å². The Morgan fingerprint density at radius 2 is 1.36 bits per heavy atom. The Bertz CT molecular complexity index is 1820. The van der Waals surface area contributed by atoms with Crippen LogP contribution in [-0.2, 0) is 9.59 Å². The molecule has 0 aliphatic rings. The van der Waals surface area contributed by atoms with Gasteiger partial charge in [0.1, 0.15) is 10.9 Å². The van der Waals surface area contributed by atoms with Crippen LogP contribution in [0.15, 0.2) is 144 Å². The lowest BCUT2D eigenvalue weighted by Gasteiger charge is -2.18. The fourth-order valence-electron chi connectivity index (χ4n) is 4.57.